The fourth-order valence-electron chi connectivity index (χ4n) is 0.726. The molecule has 0 atom stereocenters. The van der Waals surface area contributed by atoms with E-state index in [-0.39, 0.29) is 27.3 Å². The summed E-state index contributed by atoms with van der Waals surface area (Å²) in [5.41, 5.74) is 1.25. The van der Waals surface area contributed by atoms with Gasteiger partial charge in [-0.2, -0.15) is 8.42 Å². The molecule has 0 aliphatic rings. The molecule has 15 heavy (non-hydrogen) atoms. The molecule has 5 nitrogen and oxygen atoms in total. The molecule has 1 aromatic carbocycles. The molecule has 2 radical (unpaired) electrons. The summed E-state index contributed by atoms with van der Waals surface area (Å²) >= 11 is 0. The van der Waals surface area contributed by atoms with E-state index in [4.69, 9.17) is 17.5 Å². The third-order valence-corrected chi connectivity index (χ3v) is 1.27. The molecule has 0 saturated heterocycles. The predicted molar refractivity (Wildman–Crippen MR) is 63.5 cm³/mol. The SMILES string of the molecule is CN(C)c1ccccc1.O=S(=O)(O)O.[PbH2]. The molecule has 1 aromatic rings. The Labute approximate surface area is 110 Å². The summed E-state index contributed by atoms with van der Waals surface area (Å²) in [7, 11) is -0.593. The van der Waals surface area contributed by atoms with Crippen molar-refractivity contribution in [1.29, 1.82) is 0 Å². The maximum absolute atomic E-state index is 8.74. The van der Waals surface area contributed by atoms with Crippen molar-refractivity contribution in [2.24, 2.45) is 0 Å². The second kappa shape index (κ2) is 8.02. The second-order valence-corrected chi connectivity index (χ2v) is 3.57. The summed E-state index contributed by atoms with van der Waals surface area (Å²) < 4.78 is 31.6. The van der Waals surface area contributed by atoms with Gasteiger partial charge in [0.15, 0.2) is 0 Å². The van der Waals surface area contributed by atoms with Gasteiger partial charge in [-0.3, -0.25) is 9.11 Å². The van der Waals surface area contributed by atoms with Crippen molar-refractivity contribution in [3.05, 3.63) is 30.3 Å². The van der Waals surface area contributed by atoms with E-state index in [1.165, 1.54) is 5.69 Å². The normalized spacial score (nSPS) is 9.33. The molecule has 7 heteroatoms. The Hall–Kier alpha value is -0.188. The topological polar surface area (TPSA) is 77.8 Å². The number of hydrogen-bond acceptors (Lipinski definition) is 3. The molecular formula is C8H15NO4PbS. The van der Waals surface area contributed by atoms with Crippen molar-refractivity contribution in [2.75, 3.05) is 19.0 Å². The third kappa shape index (κ3) is 13.8. The average molecular weight is 428 g/mol. The molecule has 0 unspecified atom stereocenters. The van der Waals surface area contributed by atoms with Crippen LogP contribution in [0.15, 0.2) is 30.3 Å². The third-order valence-electron chi connectivity index (χ3n) is 1.27. The van der Waals surface area contributed by atoms with Crippen molar-refractivity contribution in [3.63, 3.8) is 0 Å². The van der Waals surface area contributed by atoms with Crippen molar-refractivity contribution in [3.8, 4) is 0 Å². The number of nitrogens with zero attached hydrogens (tertiary/aromatic N) is 1. The van der Waals surface area contributed by atoms with Crippen LogP contribution in [0.25, 0.3) is 0 Å². The van der Waals surface area contributed by atoms with Crippen LogP contribution in [0.4, 0.5) is 5.69 Å². The van der Waals surface area contributed by atoms with E-state index in [1.54, 1.807) is 0 Å². The summed E-state index contributed by atoms with van der Waals surface area (Å²) in [6, 6.07) is 10.3. The minimum absolute atomic E-state index is 0. The van der Waals surface area contributed by atoms with Crippen LogP contribution in [-0.2, 0) is 10.4 Å². The van der Waals surface area contributed by atoms with Gasteiger partial charge in [-0.25, -0.2) is 0 Å². The maximum atomic E-state index is 8.74. The molecule has 0 bridgehead atoms. The van der Waals surface area contributed by atoms with Gasteiger partial charge in [-0.05, 0) is 12.1 Å². The molecule has 2 N–H and O–H groups in total. The van der Waals surface area contributed by atoms with Crippen LogP contribution >= 0.6 is 0 Å². The molecule has 0 spiro atoms. The van der Waals surface area contributed by atoms with Crippen molar-refractivity contribution in [2.45, 2.75) is 0 Å². The minimum atomic E-state index is -4.67. The van der Waals surface area contributed by atoms with Gasteiger partial charge in [0, 0.05) is 19.8 Å². The predicted octanol–water partition coefficient (Wildman–Crippen LogP) is 0.184. The van der Waals surface area contributed by atoms with E-state index in [1.807, 2.05) is 32.3 Å². The molecule has 0 aromatic heterocycles. The quantitative estimate of drug-likeness (QED) is 0.493. The number of para-hydroxylation sites is 1. The van der Waals surface area contributed by atoms with Gasteiger partial charge in [-0.15, -0.1) is 0 Å². The molecule has 0 aliphatic carbocycles. The Morgan fingerprint density at radius 2 is 1.40 bits per heavy atom. The fourth-order valence-corrected chi connectivity index (χ4v) is 0.726. The standard InChI is InChI=1S/C8H11N.H2O4S.Pb.2H/c1-9(2)8-6-4-3-5-7-8;1-5(2,3)4;;;/h3-7H,1-2H3;(H2,1,2,3,4);;;. The first kappa shape index (κ1) is 17.2. The van der Waals surface area contributed by atoms with E-state index >= 15 is 0 Å². The van der Waals surface area contributed by atoms with Gasteiger partial charge in [0.2, 0.25) is 0 Å². The number of anilines is 1. The van der Waals surface area contributed by atoms with E-state index in [2.05, 4.69) is 17.0 Å². The Morgan fingerprint density at radius 3 is 1.60 bits per heavy atom. The van der Waals surface area contributed by atoms with E-state index in [9.17, 15) is 0 Å². The first-order valence-electron chi connectivity index (χ1n) is 3.73. The fraction of sp³-hybridized carbons (Fsp3) is 0.250. The summed E-state index contributed by atoms with van der Waals surface area (Å²) in [6.45, 7) is 0. The van der Waals surface area contributed by atoms with Crippen LogP contribution in [0, 0.1) is 0 Å². The number of hydrogen-bond donors (Lipinski definition) is 2. The van der Waals surface area contributed by atoms with Gasteiger partial charge in [0.1, 0.15) is 0 Å². The first-order valence-corrected chi connectivity index (χ1v) is 5.12. The molecule has 0 amide bonds. The van der Waals surface area contributed by atoms with Crippen LogP contribution in [0.5, 0.6) is 0 Å². The Kier molecular flexibility index (Phi) is 9.21. The van der Waals surface area contributed by atoms with Crippen LogP contribution in [0.3, 0.4) is 0 Å². The van der Waals surface area contributed by atoms with Crippen LogP contribution in [0.1, 0.15) is 0 Å². The van der Waals surface area contributed by atoms with Crippen LogP contribution in [0.2, 0.25) is 0 Å². The summed E-state index contributed by atoms with van der Waals surface area (Å²) in [4.78, 5) is 2.08. The average Bonchev–Trinajstić information content (AvgIpc) is 2.03. The molecule has 1 rings (SSSR count). The zero-order valence-electron chi connectivity index (χ0n) is 8.66. The van der Waals surface area contributed by atoms with E-state index in [0.717, 1.165) is 0 Å². The molecule has 0 aliphatic heterocycles. The van der Waals surface area contributed by atoms with Gasteiger partial charge < -0.3 is 4.90 Å². The Bertz CT molecular complexity index is 344. The van der Waals surface area contributed by atoms with Gasteiger partial charge >= 0.3 is 37.7 Å². The van der Waals surface area contributed by atoms with Gasteiger partial charge in [0.25, 0.3) is 0 Å². The Balaban J connectivity index is 0. The first-order chi connectivity index (χ1) is 6.30. The van der Waals surface area contributed by atoms with Crippen LogP contribution < -0.4 is 4.90 Å². The number of benzene rings is 1. The number of rotatable bonds is 1. The molecule has 0 heterocycles. The molecule has 0 fully saturated rings. The van der Waals surface area contributed by atoms with Crippen molar-refractivity contribution < 1.29 is 17.5 Å². The summed E-state index contributed by atoms with van der Waals surface area (Å²) in [6.07, 6.45) is 0. The zero-order chi connectivity index (χ0) is 11.2. The molecular weight excluding hydrogens is 413 g/mol. The molecule has 0 saturated carbocycles. The van der Waals surface area contributed by atoms with Crippen LogP contribution in [-0.4, -0.2) is 58.9 Å². The second-order valence-electron chi connectivity index (χ2n) is 2.68. The van der Waals surface area contributed by atoms with Crippen molar-refractivity contribution in [1.82, 2.24) is 0 Å². The van der Waals surface area contributed by atoms with E-state index < -0.39 is 10.4 Å². The zero-order valence-corrected chi connectivity index (χ0v) is 15.0. The van der Waals surface area contributed by atoms with E-state index in [0.29, 0.717) is 0 Å². The monoisotopic (exact) mass is 429 g/mol. The van der Waals surface area contributed by atoms with Crippen molar-refractivity contribution >= 4 is 43.4 Å². The van der Waals surface area contributed by atoms with Gasteiger partial charge in [0.05, 0.1) is 0 Å². The Morgan fingerprint density at radius 1 is 1.07 bits per heavy atom. The molecule has 86 valence electrons. The summed E-state index contributed by atoms with van der Waals surface area (Å²) in [5, 5.41) is 0. The summed E-state index contributed by atoms with van der Waals surface area (Å²) in [5.74, 6) is 0. The van der Waals surface area contributed by atoms with Gasteiger partial charge in [-0.1, -0.05) is 18.2 Å².